The molecule has 2 fully saturated rings. The highest BCUT2D eigenvalue weighted by Gasteiger charge is 2.45. The number of sulfone groups is 1. The molecule has 11 heteroatoms. The highest BCUT2D eigenvalue weighted by Crippen LogP contribution is 2.38. The molecule has 210 valence electrons. The molecule has 2 aliphatic heterocycles. The summed E-state index contributed by atoms with van der Waals surface area (Å²) in [5, 5.41) is 7.20. The summed E-state index contributed by atoms with van der Waals surface area (Å²) in [6.07, 6.45) is 5.22. The van der Waals surface area contributed by atoms with E-state index in [9.17, 15) is 17.6 Å². The van der Waals surface area contributed by atoms with Crippen LogP contribution in [0.2, 0.25) is 0 Å². The molecule has 0 unspecified atom stereocenters. The van der Waals surface area contributed by atoms with Crippen LogP contribution in [0.4, 0.5) is 10.2 Å². The van der Waals surface area contributed by atoms with Gasteiger partial charge in [0.15, 0.2) is 9.84 Å². The summed E-state index contributed by atoms with van der Waals surface area (Å²) in [4.78, 5) is 29.2. The average Bonchev–Trinajstić information content (AvgIpc) is 3.72. The van der Waals surface area contributed by atoms with E-state index in [0.717, 1.165) is 43.4 Å². The second kappa shape index (κ2) is 9.85. The minimum atomic E-state index is -3.37. The monoisotopic (exact) mass is 572 g/mol. The lowest BCUT2D eigenvalue weighted by Crippen LogP contribution is -2.52. The lowest BCUT2D eigenvalue weighted by molar-refractivity contribution is 0.0950. The van der Waals surface area contributed by atoms with Gasteiger partial charge in [-0.2, -0.15) is 0 Å². The third-order valence-corrected chi connectivity index (χ3v) is 10.1. The molecule has 1 spiro atoms. The predicted molar refractivity (Wildman–Crippen MR) is 153 cm³/mol. The normalized spacial score (nSPS) is 18.7. The van der Waals surface area contributed by atoms with Crippen LogP contribution in [0.5, 0.6) is 0 Å². The van der Waals surface area contributed by atoms with Gasteiger partial charge in [0.05, 0.1) is 39.8 Å². The quantitative estimate of drug-likeness (QED) is 0.374. The van der Waals surface area contributed by atoms with E-state index in [4.69, 9.17) is 9.97 Å². The topological polar surface area (TPSA) is 117 Å². The molecule has 1 amide bonds. The summed E-state index contributed by atoms with van der Waals surface area (Å²) in [6, 6.07) is 13.2. The van der Waals surface area contributed by atoms with Crippen molar-refractivity contribution in [2.75, 3.05) is 30.3 Å². The molecule has 4 aromatic rings. The van der Waals surface area contributed by atoms with Crippen molar-refractivity contribution in [3.8, 4) is 11.4 Å². The first-order valence-corrected chi connectivity index (χ1v) is 15.5. The lowest BCUT2D eigenvalue weighted by atomic mass is 10.1. The largest absolute Gasteiger partial charge is 0.353 e. The number of nitrogens with one attached hydrogen (secondary N) is 2. The Bertz CT molecular complexity index is 1810. The van der Waals surface area contributed by atoms with Crippen LogP contribution in [0.25, 0.3) is 22.3 Å². The van der Waals surface area contributed by atoms with Crippen LogP contribution in [0, 0.1) is 5.82 Å². The minimum absolute atomic E-state index is 0.101. The van der Waals surface area contributed by atoms with Gasteiger partial charge in [0.1, 0.15) is 11.6 Å². The number of hydrogen-bond acceptors (Lipinski definition) is 8. The molecular weight excluding hydrogens is 543 g/mol. The molecule has 3 aliphatic rings. The zero-order valence-electron chi connectivity index (χ0n) is 22.4. The number of aryl methyl sites for hydroxylation is 1. The highest BCUT2D eigenvalue weighted by atomic mass is 32.2. The van der Waals surface area contributed by atoms with Crippen LogP contribution >= 0.6 is 0 Å². The summed E-state index contributed by atoms with van der Waals surface area (Å²) in [5.74, 6) is -0.0232. The summed E-state index contributed by atoms with van der Waals surface area (Å²) < 4.78 is 39.6. The maximum Gasteiger partial charge on any atom is 0.251 e. The fourth-order valence-electron chi connectivity index (χ4n) is 5.74. The van der Waals surface area contributed by atoms with E-state index in [-0.39, 0.29) is 34.5 Å². The Morgan fingerprint density at radius 3 is 2.80 bits per heavy atom. The zero-order chi connectivity index (χ0) is 28.2. The first-order valence-electron chi connectivity index (χ1n) is 13.8. The predicted octanol–water partition coefficient (Wildman–Crippen LogP) is 3.42. The third-order valence-electron chi connectivity index (χ3n) is 8.18. The van der Waals surface area contributed by atoms with Crippen molar-refractivity contribution in [1.29, 1.82) is 0 Å². The van der Waals surface area contributed by atoms with Gasteiger partial charge < -0.3 is 15.5 Å². The van der Waals surface area contributed by atoms with E-state index < -0.39 is 9.84 Å². The summed E-state index contributed by atoms with van der Waals surface area (Å²) >= 11 is 0. The van der Waals surface area contributed by atoms with E-state index in [1.807, 2.05) is 6.07 Å². The number of amides is 1. The van der Waals surface area contributed by atoms with Gasteiger partial charge in [-0.25, -0.2) is 22.8 Å². The molecule has 0 radical (unpaired) electrons. The molecule has 5 heterocycles. The zero-order valence-corrected chi connectivity index (χ0v) is 23.2. The molecule has 1 aromatic carbocycles. The van der Waals surface area contributed by atoms with Gasteiger partial charge >= 0.3 is 0 Å². The van der Waals surface area contributed by atoms with Crippen molar-refractivity contribution in [3.63, 3.8) is 0 Å². The fourth-order valence-corrected chi connectivity index (χ4v) is 7.36. The molecule has 3 aromatic heterocycles. The molecule has 1 saturated heterocycles. The van der Waals surface area contributed by atoms with Crippen molar-refractivity contribution < 1.29 is 17.6 Å². The third kappa shape index (κ3) is 5.15. The number of carbonyl (C=O) groups excluding carboxylic acids is 1. The van der Waals surface area contributed by atoms with Gasteiger partial charge in [0.2, 0.25) is 0 Å². The molecule has 2 N–H and O–H groups in total. The number of benzene rings is 1. The standard InChI is InChI=1S/C30H29FN6O3S/c31-22-13-26(36-28(14-22)37-10-9-34-30(18-37)7-8-30)24-6-5-21-16-32-23(15-25(21)35-24)17-33-29(38)20-4-3-19-2-1-11-41(39,40)27(19)12-20/h3-6,12-16,34H,1-2,7-11,17-18H2,(H,33,38). The Kier molecular flexibility index (Phi) is 6.24. The maximum atomic E-state index is 14.7. The van der Waals surface area contributed by atoms with Gasteiger partial charge in [-0.15, -0.1) is 0 Å². The van der Waals surface area contributed by atoms with Gasteiger partial charge in [-0.05, 0) is 61.6 Å². The lowest BCUT2D eigenvalue weighted by Gasteiger charge is -2.35. The van der Waals surface area contributed by atoms with Crippen LogP contribution in [-0.4, -0.2) is 60.2 Å². The molecule has 1 saturated carbocycles. The van der Waals surface area contributed by atoms with Crippen molar-refractivity contribution in [3.05, 3.63) is 77.4 Å². The SMILES string of the molecule is O=C(NCc1cc2nc(-c3cc(F)cc(N4CCNC5(CC5)C4)n3)ccc2cn1)c1ccc2c(c1)S(=O)(=O)CCC2. The van der Waals surface area contributed by atoms with Crippen LogP contribution < -0.4 is 15.5 Å². The average molecular weight is 573 g/mol. The van der Waals surface area contributed by atoms with Gasteiger partial charge in [0, 0.05) is 54.5 Å². The molecule has 0 atom stereocenters. The Labute approximate surface area is 237 Å². The van der Waals surface area contributed by atoms with E-state index in [1.165, 1.54) is 18.2 Å². The summed E-state index contributed by atoms with van der Waals surface area (Å²) in [7, 11) is -3.37. The van der Waals surface area contributed by atoms with Crippen LogP contribution in [0.1, 0.15) is 40.9 Å². The van der Waals surface area contributed by atoms with Crippen molar-refractivity contribution in [1.82, 2.24) is 25.6 Å². The molecule has 1 aliphatic carbocycles. The molecule has 0 bridgehead atoms. The van der Waals surface area contributed by atoms with Gasteiger partial charge in [0.25, 0.3) is 5.91 Å². The summed E-state index contributed by atoms with van der Waals surface area (Å²) in [6.45, 7) is 2.57. The smallest absolute Gasteiger partial charge is 0.251 e. The van der Waals surface area contributed by atoms with E-state index in [2.05, 4.69) is 20.5 Å². The molecule has 7 rings (SSSR count). The first-order chi connectivity index (χ1) is 19.8. The minimum Gasteiger partial charge on any atom is -0.353 e. The van der Waals surface area contributed by atoms with Gasteiger partial charge in [-0.1, -0.05) is 6.07 Å². The van der Waals surface area contributed by atoms with Crippen molar-refractivity contribution in [2.45, 2.75) is 42.7 Å². The number of hydrogen-bond donors (Lipinski definition) is 2. The number of carbonyl (C=O) groups is 1. The maximum absolute atomic E-state index is 14.7. The Hall–Kier alpha value is -3.96. The number of pyridine rings is 3. The second-order valence-corrected chi connectivity index (χ2v) is 13.2. The Morgan fingerprint density at radius 1 is 1.07 bits per heavy atom. The Morgan fingerprint density at radius 2 is 1.95 bits per heavy atom. The van der Waals surface area contributed by atoms with Crippen LogP contribution in [0.15, 0.2) is 59.6 Å². The van der Waals surface area contributed by atoms with Crippen LogP contribution in [-0.2, 0) is 22.8 Å². The highest BCUT2D eigenvalue weighted by molar-refractivity contribution is 7.91. The number of aromatic nitrogens is 3. The van der Waals surface area contributed by atoms with Crippen molar-refractivity contribution >= 4 is 32.5 Å². The fraction of sp³-hybridized carbons (Fsp3) is 0.333. The molecule has 9 nitrogen and oxygen atoms in total. The van der Waals surface area contributed by atoms with Crippen molar-refractivity contribution in [2.24, 2.45) is 0 Å². The first kappa shape index (κ1) is 26.0. The number of rotatable bonds is 5. The number of fused-ring (bicyclic) bond motifs is 2. The van der Waals surface area contributed by atoms with E-state index >= 15 is 0 Å². The van der Waals surface area contributed by atoms with Gasteiger partial charge in [-0.3, -0.25) is 9.78 Å². The number of halogens is 1. The second-order valence-electron chi connectivity index (χ2n) is 11.1. The van der Waals surface area contributed by atoms with Crippen LogP contribution in [0.3, 0.4) is 0 Å². The molecular formula is C30H29FN6O3S. The Balaban J connectivity index is 1.10. The van der Waals surface area contributed by atoms with E-state index in [0.29, 0.717) is 46.8 Å². The number of piperazine rings is 1. The summed E-state index contributed by atoms with van der Waals surface area (Å²) in [5.41, 5.74) is 3.43. The van der Waals surface area contributed by atoms with E-state index in [1.54, 1.807) is 30.5 Å². The molecule has 41 heavy (non-hydrogen) atoms. The number of nitrogens with zero attached hydrogens (tertiary/aromatic N) is 4. The number of anilines is 1.